The van der Waals surface area contributed by atoms with Crippen LogP contribution in [0.1, 0.15) is 26.7 Å². The van der Waals surface area contributed by atoms with Crippen LogP contribution in [0.15, 0.2) is 0 Å². The van der Waals surface area contributed by atoms with Crippen LogP contribution in [-0.4, -0.2) is 43.4 Å². The maximum Gasteiger partial charge on any atom is 0.233 e. The minimum atomic E-state index is -0.750. The van der Waals surface area contributed by atoms with E-state index in [9.17, 15) is 4.79 Å². The normalized spacial score (nSPS) is 20.1. The minimum Gasteiger partial charge on any atom is -0.392 e. The first kappa shape index (κ1) is 15.3. The highest BCUT2D eigenvalue weighted by Gasteiger charge is 2.42. The summed E-state index contributed by atoms with van der Waals surface area (Å²) in [4.78, 5) is 12.5. The Bertz CT molecular complexity index is 304. The lowest BCUT2D eigenvalue weighted by atomic mass is 9.79. The van der Waals surface area contributed by atoms with Crippen molar-refractivity contribution in [2.75, 3.05) is 26.4 Å². The lowest BCUT2D eigenvalue weighted by molar-refractivity contribution is -0.132. The second-order valence-corrected chi connectivity index (χ2v) is 4.97. The second kappa shape index (κ2) is 7.01. The van der Waals surface area contributed by atoms with Gasteiger partial charge in [-0.1, -0.05) is 12.2 Å². The number of nitrogens with two attached hydrogens (primary N) is 1. The van der Waals surface area contributed by atoms with Gasteiger partial charge in [-0.25, -0.2) is 0 Å². The minimum absolute atomic E-state index is 0.0119. The third-order valence-electron chi connectivity index (χ3n) is 3.25. The third kappa shape index (κ3) is 3.63. The van der Waals surface area contributed by atoms with Gasteiger partial charge in [0.1, 0.15) is 5.41 Å². The molecule has 5 nitrogen and oxygen atoms in total. The van der Waals surface area contributed by atoms with Gasteiger partial charge in [-0.15, -0.1) is 0 Å². The van der Waals surface area contributed by atoms with E-state index in [1.165, 1.54) is 0 Å². The Morgan fingerprint density at radius 2 is 2.17 bits per heavy atom. The van der Waals surface area contributed by atoms with E-state index in [1.807, 2.05) is 13.8 Å². The van der Waals surface area contributed by atoms with Crippen LogP contribution in [0, 0.1) is 5.41 Å². The molecule has 0 aromatic rings. The van der Waals surface area contributed by atoms with Crippen LogP contribution in [0.3, 0.4) is 0 Å². The molecule has 1 amide bonds. The number of nitrogens with one attached hydrogen (secondary N) is 1. The van der Waals surface area contributed by atoms with E-state index in [1.54, 1.807) is 0 Å². The van der Waals surface area contributed by atoms with E-state index >= 15 is 0 Å². The molecule has 1 fully saturated rings. The number of hydrogen-bond acceptors (Lipinski definition) is 4. The summed E-state index contributed by atoms with van der Waals surface area (Å²) in [6.45, 7) is 5.98. The average molecular weight is 274 g/mol. The van der Waals surface area contributed by atoms with Crippen molar-refractivity contribution in [1.29, 1.82) is 0 Å². The number of hydrogen-bond donors (Lipinski definition) is 2. The average Bonchev–Trinajstić information content (AvgIpc) is 2.37. The van der Waals surface area contributed by atoms with Crippen LogP contribution in [0.2, 0.25) is 0 Å². The van der Waals surface area contributed by atoms with Crippen LogP contribution in [0.5, 0.6) is 0 Å². The van der Waals surface area contributed by atoms with Gasteiger partial charge in [0, 0.05) is 26.4 Å². The zero-order valence-electron chi connectivity index (χ0n) is 11.0. The molecule has 0 radical (unpaired) electrons. The Kier molecular flexibility index (Phi) is 5.98. The molecule has 18 heavy (non-hydrogen) atoms. The van der Waals surface area contributed by atoms with E-state index in [-0.39, 0.29) is 17.0 Å². The quantitative estimate of drug-likeness (QED) is 0.694. The lowest BCUT2D eigenvalue weighted by Gasteiger charge is -2.34. The van der Waals surface area contributed by atoms with Crippen LogP contribution >= 0.6 is 12.2 Å². The molecule has 1 saturated heterocycles. The van der Waals surface area contributed by atoms with E-state index in [0.29, 0.717) is 39.2 Å². The van der Waals surface area contributed by atoms with E-state index in [4.69, 9.17) is 27.4 Å². The highest BCUT2D eigenvalue weighted by atomic mass is 32.1. The van der Waals surface area contributed by atoms with Crippen molar-refractivity contribution in [1.82, 2.24) is 5.32 Å². The molecule has 1 heterocycles. The maximum atomic E-state index is 12.3. The van der Waals surface area contributed by atoms with Crippen LogP contribution in [0.4, 0.5) is 0 Å². The largest absolute Gasteiger partial charge is 0.392 e. The molecule has 0 bridgehead atoms. The van der Waals surface area contributed by atoms with Crippen molar-refractivity contribution in [3.05, 3.63) is 0 Å². The maximum absolute atomic E-state index is 12.3. The zero-order chi connectivity index (χ0) is 13.6. The molecule has 1 atom stereocenters. The monoisotopic (exact) mass is 274 g/mol. The molecule has 1 aliphatic heterocycles. The Morgan fingerprint density at radius 1 is 1.56 bits per heavy atom. The smallest absolute Gasteiger partial charge is 0.233 e. The molecule has 1 unspecified atom stereocenters. The molecule has 0 saturated carbocycles. The fraction of sp³-hybridized carbons (Fsp3) is 0.833. The summed E-state index contributed by atoms with van der Waals surface area (Å²) in [5, 5.41) is 2.87. The molecule has 0 aromatic heterocycles. The molecule has 104 valence electrons. The Labute approximate surface area is 113 Å². The molecule has 1 rings (SSSR count). The lowest BCUT2D eigenvalue weighted by Crippen LogP contribution is -2.53. The highest BCUT2D eigenvalue weighted by Crippen LogP contribution is 2.31. The van der Waals surface area contributed by atoms with Crippen molar-refractivity contribution in [2.24, 2.45) is 11.1 Å². The number of amides is 1. The van der Waals surface area contributed by atoms with Gasteiger partial charge < -0.3 is 20.5 Å². The van der Waals surface area contributed by atoms with Gasteiger partial charge in [0.15, 0.2) is 0 Å². The molecule has 0 spiro atoms. The van der Waals surface area contributed by atoms with E-state index in [2.05, 4.69) is 5.32 Å². The van der Waals surface area contributed by atoms with Gasteiger partial charge in [-0.05, 0) is 26.7 Å². The van der Waals surface area contributed by atoms with Gasteiger partial charge in [0.05, 0.1) is 11.1 Å². The van der Waals surface area contributed by atoms with Crippen molar-refractivity contribution >= 4 is 23.1 Å². The summed E-state index contributed by atoms with van der Waals surface area (Å²) in [5.74, 6) is -0.107. The van der Waals surface area contributed by atoms with Crippen LogP contribution in [0.25, 0.3) is 0 Å². The van der Waals surface area contributed by atoms with Crippen molar-refractivity contribution in [2.45, 2.75) is 32.8 Å². The Morgan fingerprint density at radius 3 is 2.67 bits per heavy atom. The van der Waals surface area contributed by atoms with Gasteiger partial charge >= 0.3 is 0 Å². The number of carbonyl (C=O) groups is 1. The van der Waals surface area contributed by atoms with Crippen molar-refractivity contribution in [3.8, 4) is 0 Å². The van der Waals surface area contributed by atoms with Crippen LogP contribution < -0.4 is 11.1 Å². The predicted octanol–water partition coefficient (Wildman–Crippen LogP) is 0.611. The topological polar surface area (TPSA) is 73.6 Å². The van der Waals surface area contributed by atoms with E-state index < -0.39 is 5.41 Å². The Balaban J connectivity index is 2.58. The number of ether oxygens (including phenoxy) is 2. The molecule has 1 aliphatic rings. The first-order chi connectivity index (χ1) is 8.53. The summed E-state index contributed by atoms with van der Waals surface area (Å²) >= 11 is 5.07. The third-order valence-corrected chi connectivity index (χ3v) is 3.64. The van der Waals surface area contributed by atoms with Crippen molar-refractivity contribution in [3.63, 3.8) is 0 Å². The SMILES string of the molecule is CCOC(C)CNC(=O)C1(C(N)=S)CCOCC1. The summed E-state index contributed by atoms with van der Waals surface area (Å²) in [5.41, 5.74) is 5.00. The summed E-state index contributed by atoms with van der Waals surface area (Å²) in [6.07, 6.45) is 1.09. The molecule has 0 aromatic carbocycles. The summed E-state index contributed by atoms with van der Waals surface area (Å²) < 4.78 is 10.6. The first-order valence-corrected chi connectivity index (χ1v) is 6.71. The second-order valence-electron chi connectivity index (χ2n) is 4.53. The Hall–Kier alpha value is -0.720. The number of carbonyl (C=O) groups excluding carboxylic acids is 1. The van der Waals surface area contributed by atoms with Gasteiger partial charge in [-0.3, -0.25) is 4.79 Å². The summed E-state index contributed by atoms with van der Waals surface area (Å²) in [7, 11) is 0. The summed E-state index contributed by atoms with van der Waals surface area (Å²) in [6, 6.07) is 0. The van der Waals surface area contributed by atoms with Crippen molar-refractivity contribution < 1.29 is 14.3 Å². The molecule has 6 heteroatoms. The molecule has 3 N–H and O–H groups in total. The van der Waals surface area contributed by atoms with Gasteiger partial charge in [0.2, 0.25) is 5.91 Å². The fourth-order valence-electron chi connectivity index (χ4n) is 2.05. The van der Waals surface area contributed by atoms with Crippen LogP contribution in [-0.2, 0) is 14.3 Å². The number of thiocarbonyl (C=S) groups is 1. The van der Waals surface area contributed by atoms with Gasteiger partial charge in [-0.2, -0.15) is 0 Å². The highest BCUT2D eigenvalue weighted by molar-refractivity contribution is 7.80. The molecular formula is C12H22N2O3S. The zero-order valence-corrected chi connectivity index (χ0v) is 11.8. The van der Waals surface area contributed by atoms with Gasteiger partial charge in [0.25, 0.3) is 0 Å². The van der Waals surface area contributed by atoms with E-state index in [0.717, 1.165) is 0 Å². The first-order valence-electron chi connectivity index (χ1n) is 6.30. The standard InChI is InChI=1S/C12H22N2O3S/c1-3-17-9(2)8-14-11(15)12(10(13)18)4-6-16-7-5-12/h9H,3-8H2,1-2H3,(H2,13,18)(H,14,15). The number of rotatable bonds is 6. The fourth-order valence-corrected chi connectivity index (χ4v) is 2.35. The predicted molar refractivity (Wildman–Crippen MR) is 73.4 cm³/mol. The molecule has 0 aliphatic carbocycles. The molecular weight excluding hydrogens is 252 g/mol.